The number of ether oxygens (including phenoxy) is 1. The highest BCUT2D eigenvalue weighted by atomic mass is 31.0. The van der Waals surface area contributed by atoms with Crippen molar-refractivity contribution in [2.45, 2.75) is 70.4 Å². The van der Waals surface area contributed by atoms with Gasteiger partial charge in [0.25, 0.3) is 0 Å². The van der Waals surface area contributed by atoms with Crippen molar-refractivity contribution < 1.29 is 18.3 Å². The van der Waals surface area contributed by atoms with E-state index in [1.807, 2.05) is 6.92 Å². The van der Waals surface area contributed by atoms with Gasteiger partial charge in [-0.2, -0.15) is 8.78 Å². The van der Waals surface area contributed by atoms with E-state index in [-0.39, 0.29) is 11.7 Å². The van der Waals surface area contributed by atoms with E-state index in [4.69, 9.17) is 4.74 Å². The number of para-hydroxylation sites is 1. The van der Waals surface area contributed by atoms with Gasteiger partial charge in [0.1, 0.15) is 11.9 Å². The number of carbonyl (C=O) groups is 1. The summed E-state index contributed by atoms with van der Waals surface area (Å²) in [5, 5.41) is 6.32. The van der Waals surface area contributed by atoms with Crippen LogP contribution in [-0.4, -0.2) is 17.3 Å². The van der Waals surface area contributed by atoms with Crippen molar-refractivity contribution in [3.8, 4) is 5.75 Å². The van der Waals surface area contributed by atoms with Crippen LogP contribution >= 0.6 is 9.24 Å². The molecule has 1 aromatic carbocycles. The van der Waals surface area contributed by atoms with Gasteiger partial charge in [-0.15, -0.1) is 0 Å². The van der Waals surface area contributed by atoms with Crippen LogP contribution in [-0.2, 0) is 4.79 Å². The lowest BCUT2D eigenvalue weighted by atomic mass is 9.85. The van der Waals surface area contributed by atoms with E-state index >= 15 is 0 Å². The number of hydrogen-bond donors (Lipinski definition) is 2. The van der Waals surface area contributed by atoms with Gasteiger partial charge in [-0.25, -0.2) is 0 Å². The maximum atomic E-state index is 13.3. The fraction of sp³-hybridized carbons (Fsp3) is 0.632. The molecular formula is C19H29F2N2O2P. The predicted molar refractivity (Wildman–Crippen MR) is 102 cm³/mol. The molecule has 1 aliphatic rings. The number of hydrogen-bond acceptors (Lipinski definition) is 3. The maximum Gasteiger partial charge on any atom is 0.408 e. The van der Waals surface area contributed by atoms with Crippen LogP contribution in [0.3, 0.4) is 0 Å². The zero-order valence-electron chi connectivity index (χ0n) is 15.6. The molecule has 1 aromatic rings. The standard InChI is InChI=1S/C19H29F2N2O2P/c1-4-11-18(12-10-13(3)5-2)17(24)22-16(23-18)14-8-6-7-9-15(14)25-19(20,21)26/h6-9,13,16,23H,4-5,10-12,26H2,1-3H3,(H,22,24). The minimum absolute atomic E-state index is 0.0551. The zero-order chi connectivity index (χ0) is 19.4. The molecule has 4 unspecified atom stereocenters. The third-order valence-electron chi connectivity index (χ3n) is 5.04. The monoisotopic (exact) mass is 386 g/mol. The van der Waals surface area contributed by atoms with Crippen LogP contribution in [0.25, 0.3) is 0 Å². The first-order chi connectivity index (χ1) is 12.2. The smallest absolute Gasteiger partial charge is 0.408 e. The SMILES string of the molecule is CCCC1(CCC(C)CC)NC(c2ccccc2OC(F)(F)P)NC1=O. The van der Waals surface area contributed by atoms with Crippen molar-refractivity contribution in [3.63, 3.8) is 0 Å². The largest absolute Gasteiger partial charge is 0.429 e. The molecule has 26 heavy (non-hydrogen) atoms. The Morgan fingerprint density at radius 1 is 1.31 bits per heavy atom. The molecule has 1 amide bonds. The van der Waals surface area contributed by atoms with Crippen molar-refractivity contribution in [2.75, 3.05) is 0 Å². The van der Waals surface area contributed by atoms with E-state index < -0.39 is 17.6 Å². The second-order valence-corrected chi connectivity index (χ2v) is 7.81. The van der Waals surface area contributed by atoms with Crippen LogP contribution in [0.2, 0.25) is 0 Å². The van der Waals surface area contributed by atoms with E-state index in [9.17, 15) is 13.6 Å². The van der Waals surface area contributed by atoms with Gasteiger partial charge in [-0.1, -0.05) is 51.8 Å². The molecule has 2 N–H and O–H groups in total. The lowest BCUT2D eigenvalue weighted by Gasteiger charge is -2.28. The van der Waals surface area contributed by atoms with Crippen LogP contribution in [0.5, 0.6) is 5.75 Å². The molecule has 0 radical (unpaired) electrons. The third kappa shape index (κ3) is 5.14. The molecule has 2 rings (SSSR count). The molecule has 1 heterocycles. The van der Waals surface area contributed by atoms with Gasteiger partial charge in [0.05, 0.1) is 5.54 Å². The second-order valence-electron chi connectivity index (χ2n) is 7.14. The summed E-state index contributed by atoms with van der Waals surface area (Å²) in [7, 11) is 1.37. The van der Waals surface area contributed by atoms with Gasteiger partial charge >= 0.3 is 5.85 Å². The Labute approximate surface area is 156 Å². The Balaban J connectivity index is 2.24. The molecule has 0 spiro atoms. The Hall–Kier alpha value is -1.26. The van der Waals surface area contributed by atoms with E-state index in [1.165, 1.54) is 15.3 Å². The number of amides is 1. The van der Waals surface area contributed by atoms with Crippen molar-refractivity contribution >= 4 is 15.1 Å². The van der Waals surface area contributed by atoms with Crippen molar-refractivity contribution in [2.24, 2.45) is 5.92 Å². The van der Waals surface area contributed by atoms with Crippen LogP contribution in [0.15, 0.2) is 24.3 Å². The van der Waals surface area contributed by atoms with Crippen LogP contribution in [0.1, 0.15) is 64.6 Å². The number of carbonyl (C=O) groups excluding carboxylic acids is 1. The fourth-order valence-electron chi connectivity index (χ4n) is 3.38. The molecular weight excluding hydrogens is 357 g/mol. The molecule has 4 nitrogen and oxygen atoms in total. The van der Waals surface area contributed by atoms with Gasteiger partial charge in [0.15, 0.2) is 0 Å². The van der Waals surface area contributed by atoms with E-state index in [0.29, 0.717) is 17.9 Å². The normalized spacial score (nSPS) is 24.4. The van der Waals surface area contributed by atoms with Crippen molar-refractivity contribution in [1.82, 2.24) is 10.6 Å². The summed E-state index contributed by atoms with van der Waals surface area (Å²) in [4.78, 5) is 12.8. The molecule has 0 aromatic heterocycles. The summed E-state index contributed by atoms with van der Waals surface area (Å²) in [6, 6.07) is 6.56. The quantitative estimate of drug-likeness (QED) is 0.611. The summed E-state index contributed by atoms with van der Waals surface area (Å²) in [5.41, 5.74) is -0.163. The lowest BCUT2D eigenvalue weighted by Crippen LogP contribution is -2.46. The summed E-state index contributed by atoms with van der Waals surface area (Å²) >= 11 is 0. The highest BCUT2D eigenvalue weighted by Gasteiger charge is 2.46. The van der Waals surface area contributed by atoms with Gasteiger partial charge in [0.2, 0.25) is 5.91 Å². The van der Waals surface area contributed by atoms with Gasteiger partial charge in [-0.05, 0) is 40.5 Å². The molecule has 4 atom stereocenters. The summed E-state index contributed by atoms with van der Waals surface area (Å²) < 4.78 is 31.4. The van der Waals surface area contributed by atoms with Crippen molar-refractivity contribution in [1.29, 1.82) is 0 Å². The molecule has 1 aliphatic heterocycles. The Kier molecular flexibility index (Phi) is 6.98. The molecule has 0 saturated carbocycles. The molecule has 0 aliphatic carbocycles. The fourth-order valence-corrected chi connectivity index (χ4v) is 3.51. The highest BCUT2D eigenvalue weighted by molar-refractivity contribution is 7.17. The van der Waals surface area contributed by atoms with Crippen LogP contribution in [0, 0.1) is 5.92 Å². The predicted octanol–water partition coefficient (Wildman–Crippen LogP) is 4.57. The van der Waals surface area contributed by atoms with E-state index in [2.05, 4.69) is 24.5 Å². The number of alkyl halides is 2. The molecule has 146 valence electrons. The first-order valence-corrected chi connectivity index (χ1v) is 9.81. The molecule has 7 heteroatoms. The Bertz CT molecular complexity index is 624. The van der Waals surface area contributed by atoms with E-state index in [1.54, 1.807) is 18.2 Å². The van der Waals surface area contributed by atoms with Gasteiger partial charge < -0.3 is 10.1 Å². The van der Waals surface area contributed by atoms with Gasteiger partial charge in [-0.3, -0.25) is 10.1 Å². The zero-order valence-corrected chi connectivity index (χ0v) is 16.8. The number of nitrogens with one attached hydrogen (secondary N) is 2. The first-order valence-electron chi connectivity index (χ1n) is 9.24. The van der Waals surface area contributed by atoms with Crippen molar-refractivity contribution in [3.05, 3.63) is 29.8 Å². The highest BCUT2D eigenvalue weighted by Crippen LogP contribution is 2.36. The maximum absolute atomic E-state index is 13.3. The Morgan fingerprint density at radius 2 is 2.00 bits per heavy atom. The molecule has 1 fully saturated rings. The van der Waals surface area contributed by atoms with Crippen LogP contribution < -0.4 is 15.4 Å². The minimum Gasteiger partial charge on any atom is -0.429 e. The number of halogens is 2. The molecule has 0 bridgehead atoms. The van der Waals surface area contributed by atoms with Crippen LogP contribution in [0.4, 0.5) is 8.78 Å². The lowest BCUT2D eigenvalue weighted by molar-refractivity contribution is -0.124. The summed E-state index contributed by atoms with van der Waals surface area (Å²) in [5.74, 6) is -2.85. The Morgan fingerprint density at radius 3 is 2.62 bits per heavy atom. The molecule has 1 saturated heterocycles. The number of benzene rings is 1. The average Bonchev–Trinajstić information content (AvgIpc) is 2.89. The third-order valence-corrected chi connectivity index (χ3v) is 5.16. The topological polar surface area (TPSA) is 50.4 Å². The second kappa shape index (κ2) is 8.62. The summed E-state index contributed by atoms with van der Waals surface area (Å²) in [6.45, 7) is 6.35. The number of rotatable bonds is 9. The van der Waals surface area contributed by atoms with Gasteiger partial charge in [0, 0.05) is 5.56 Å². The summed E-state index contributed by atoms with van der Waals surface area (Å²) in [6.07, 6.45) is 3.73. The minimum atomic E-state index is -3.37. The average molecular weight is 386 g/mol. The van der Waals surface area contributed by atoms with E-state index in [0.717, 1.165) is 25.7 Å². The first kappa shape index (κ1) is 21.0.